The second kappa shape index (κ2) is 6.30. The highest BCUT2D eigenvalue weighted by Crippen LogP contribution is 2.09. The SMILES string of the molecule is ClCc1cncn1CCCOc1ccccc1. The molecule has 4 heteroatoms. The number of para-hydroxylation sites is 1. The number of aryl methyl sites for hydroxylation is 1. The summed E-state index contributed by atoms with van der Waals surface area (Å²) in [6.45, 7) is 1.58. The predicted molar refractivity (Wildman–Crippen MR) is 68.3 cm³/mol. The summed E-state index contributed by atoms with van der Waals surface area (Å²) in [4.78, 5) is 4.07. The lowest BCUT2D eigenvalue weighted by Gasteiger charge is -2.07. The van der Waals surface area contributed by atoms with Crippen LogP contribution in [0.15, 0.2) is 42.9 Å². The Morgan fingerprint density at radius 3 is 2.82 bits per heavy atom. The predicted octanol–water partition coefficient (Wildman–Crippen LogP) is 3.09. The average molecular weight is 251 g/mol. The Balaban J connectivity index is 1.73. The molecule has 0 N–H and O–H groups in total. The Bertz CT molecular complexity index is 442. The van der Waals surface area contributed by atoms with Gasteiger partial charge >= 0.3 is 0 Å². The van der Waals surface area contributed by atoms with Gasteiger partial charge in [-0.3, -0.25) is 0 Å². The molecule has 1 aromatic carbocycles. The van der Waals surface area contributed by atoms with E-state index in [1.165, 1.54) is 0 Å². The normalized spacial score (nSPS) is 10.4. The van der Waals surface area contributed by atoms with E-state index in [-0.39, 0.29) is 0 Å². The van der Waals surface area contributed by atoms with Gasteiger partial charge in [0, 0.05) is 12.7 Å². The molecule has 0 aliphatic rings. The lowest BCUT2D eigenvalue weighted by atomic mass is 10.3. The van der Waals surface area contributed by atoms with E-state index in [9.17, 15) is 0 Å². The van der Waals surface area contributed by atoms with Crippen molar-refractivity contribution < 1.29 is 4.74 Å². The van der Waals surface area contributed by atoms with Gasteiger partial charge in [0.15, 0.2) is 0 Å². The standard InChI is InChI=1S/C13H15ClN2O/c14-9-12-10-15-11-16(12)7-4-8-17-13-5-2-1-3-6-13/h1-3,5-6,10-11H,4,7-9H2. The molecule has 0 bridgehead atoms. The molecule has 0 spiro atoms. The van der Waals surface area contributed by atoms with Gasteiger partial charge in [-0.15, -0.1) is 11.6 Å². The van der Waals surface area contributed by atoms with E-state index in [0.717, 1.165) is 24.4 Å². The highest BCUT2D eigenvalue weighted by atomic mass is 35.5. The number of benzene rings is 1. The van der Waals surface area contributed by atoms with E-state index in [1.54, 1.807) is 12.5 Å². The Morgan fingerprint density at radius 1 is 1.24 bits per heavy atom. The summed E-state index contributed by atoms with van der Waals surface area (Å²) in [5, 5.41) is 0. The summed E-state index contributed by atoms with van der Waals surface area (Å²) in [6.07, 6.45) is 4.54. The van der Waals surface area contributed by atoms with Crippen LogP contribution in [0.25, 0.3) is 0 Å². The zero-order chi connectivity index (χ0) is 11.9. The van der Waals surface area contributed by atoms with Crippen LogP contribution in [0, 0.1) is 0 Å². The molecule has 0 amide bonds. The first-order valence-corrected chi connectivity index (χ1v) is 6.16. The molecule has 90 valence electrons. The van der Waals surface area contributed by atoms with E-state index < -0.39 is 0 Å². The molecule has 3 nitrogen and oxygen atoms in total. The number of halogens is 1. The Hall–Kier alpha value is -1.48. The van der Waals surface area contributed by atoms with Crippen LogP contribution in [-0.2, 0) is 12.4 Å². The molecule has 0 saturated carbocycles. The van der Waals surface area contributed by atoms with Crippen LogP contribution in [0.5, 0.6) is 5.75 Å². The van der Waals surface area contributed by atoms with Crippen molar-refractivity contribution in [2.45, 2.75) is 18.8 Å². The minimum atomic E-state index is 0.500. The van der Waals surface area contributed by atoms with Gasteiger partial charge in [0.1, 0.15) is 5.75 Å². The molecule has 17 heavy (non-hydrogen) atoms. The summed E-state index contributed by atoms with van der Waals surface area (Å²) in [7, 11) is 0. The Morgan fingerprint density at radius 2 is 2.06 bits per heavy atom. The van der Waals surface area contributed by atoms with E-state index >= 15 is 0 Å². The largest absolute Gasteiger partial charge is 0.494 e. The Kier molecular flexibility index (Phi) is 4.45. The van der Waals surface area contributed by atoms with Crippen molar-refractivity contribution in [2.24, 2.45) is 0 Å². The van der Waals surface area contributed by atoms with E-state index in [0.29, 0.717) is 12.5 Å². The summed E-state index contributed by atoms with van der Waals surface area (Å²) in [6, 6.07) is 9.83. The quantitative estimate of drug-likeness (QED) is 0.582. The number of ether oxygens (including phenoxy) is 1. The maximum atomic E-state index is 5.79. The second-order valence-corrected chi connectivity index (χ2v) is 3.99. The number of rotatable bonds is 6. The topological polar surface area (TPSA) is 27.1 Å². The van der Waals surface area contributed by atoms with Gasteiger partial charge < -0.3 is 9.30 Å². The van der Waals surface area contributed by atoms with Gasteiger partial charge in [-0.2, -0.15) is 0 Å². The minimum Gasteiger partial charge on any atom is -0.494 e. The molecule has 0 atom stereocenters. The molecule has 2 rings (SSSR count). The molecular weight excluding hydrogens is 236 g/mol. The number of alkyl halides is 1. The summed E-state index contributed by atoms with van der Waals surface area (Å²) in [5.74, 6) is 1.41. The highest BCUT2D eigenvalue weighted by molar-refractivity contribution is 6.16. The second-order valence-electron chi connectivity index (χ2n) is 3.73. The minimum absolute atomic E-state index is 0.500. The molecule has 0 radical (unpaired) electrons. The molecule has 0 fully saturated rings. The van der Waals surface area contributed by atoms with Crippen LogP contribution in [0.4, 0.5) is 0 Å². The summed E-state index contributed by atoms with van der Waals surface area (Å²) >= 11 is 5.79. The number of nitrogens with zero attached hydrogens (tertiary/aromatic N) is 2. The van der Waals surface area contributed by atoms with Crippen LogP contribution < -0.4 is 4.74 Å². The van der Waals surface area contributed by atoms with Crippen LogP contribution in [-0.4, -0.2) is 16.2 Å². The van der Waals surface area contributed by atoms with Crippen molar-refractivity contribution in [2.75, 3.05) is 6.61 Å². The maximum Gasteiger partial charge on any atom is 0.119 e. The van der Waals surface area contributed by atoms with Gasteiger partial charge in [0.25, 0.3) is 0 Å². The lowest BCUT2D eigenvalue weighted by molar-refractivity contribution is 0.301. The van der Waals surface area contributed by atoms with Gasteiger partial charge in [-0.1, -0.05) is 18.2 Å². The van der Waals surface area contributed by atoms with Crippen LogP contribution in [0.1, 0.15) is 12.1 Å². The molecule has 0 aliphatic heterocycles. The third kappa shape index (κ3) is 3.49. The van der Waals surface area contributed by atoms with E-state index in [4.69, 9.17) is 16.3 Å². The molecule has 1 aromatic heterocycles. The fraction of sp³-hybridized carbons (Fsp3) is 0.308. The van der Waals surface area contributed by atoms with E-state index in [2.05, 4.69) is 9.55 Å². The number of hydrogen-bond acceptors (Lipinski definition) is 2. The Labute approximate surface area is 106 Å². The maximum absolute atomic E-state index is 5.79. The molecule has 0 aliphatic carbocycles. The fourth-order valence-electron chi connectivity index (χ4n) is 1.60. The van der Waals surface area contributed by atoms with Crippen LogP contribution >= 0.6 is 11.6 Å². The van der Waals surface area contributed by atoms with Gasteiger partial charge in [0.2, 0.25) is 0 Å². The first kappa shape index (κ1) is 12.0. The zero-order valence-corrected chi connectivity index (χ0v) is 10.3. The fourth-order valence-corrected chi connectivity index (χ4v) is 1.82. The van der Waals surface area contributed by atoms with Crippen molar-refractivity contribution in [1.29, 1.82) is 0 Å². The van der Waals surface area contributed by atoms with Crippen LogP contribution in [0.3, 0.4) is 0 Å². The molecule has 2 aromatic rings. The third-order valence-electron chi connectivity index (χ3n) is 2.49. The van der Waals surface area contributed by atoms with Crippen molar-refractivity contribution >= 4 is 11.6 Å². The van der Waals surface area contributed by atoms with Gasteiger partial charge in [-0.25, -0.2) is 4.98 Å². The van der Waals surface area contributed by atoms with Crippen molar-refractivity contribution in [1.82, 2.24) is 9.55 Å². The first-order valence-electron chi connectivity index (χ1n) is 5.63. The smallest absolute Gasteiger partial charge is 0.119 e. The van der Waals surface area contributed by atoms with Crippen LogP contribution in [0.2, 0.25) is 0 Å². The monoisotopic (exact) mass is 250 g/mol. The number of hydrogen-bond donors (Lipinski definition) is 0. The lowest BCUT2D eigenvalue weighted by Crippen LogP contribution is -2.05. The average Bonchev–Trinajstić information content (AvgIpc) is 2.83. The molecule has 1 heterocycles. The summed E-state index contributed by atoms with van der Waals surface area (Å²) < 4.78 is 7.67. The summed E-state index contributed by atoms with van der Waals surface area (Å²) in [5.41, 5.74) is 1.05. The van der Waals surface area contributed by atoms with Crippen molar-refractivity contribution in [3.63, 3.8) is 0 Å². The highest BCUT2D eigenvalue weighted by Gasteiger charge is 2.00. The van der Waals surface area contributed by atoms with Crippen molar-refractivity contribution in [3.05, 3.63) is 48.5 Å². The van der Waals surface area contributed by atoms with Gasteiger partial charge in [-0.05, 0) is 18.6 Å². The van der Waals surface area contributed by atoms with Gasteiger partial charge in [0.05, 0.1) is 24.5 Å². The molecule has 0 saturated heterocycles. The first-order chi connectivity index (χ1) is 8.40. The van der Waals surface area contributed by atoms with E-state index in [1.807, 2.05) is 30.3 Å². The molecular formula is C13H15ClN2O. The number of aromatic nitrogens is 2. The number of imidazole rings is 1. The zero-order valence-electron chi connectivity index (χ0n) is 9.55. The van der Waals surface area contributed by atoms with Crippen molar-refractivity contribution in [3.8, 4) is 5.75 Å². The molecule has 0 unspecified atom stereocenters. The third-order valence-corrected chi connectivity index (χ3v) is 2.76.